The summed E-state index contributed by atoms with van der Waals surface area (Å²) in [5.41, 5.74) is 2.31. The van der Waals surface area contributed by atoms with Gasteiger partial charge in [0.15, 0.2) is 5.65 Å². The number of amides is 1. The van der Waals surface area contributed by atoms with Crippen LogP contribution in [0.3, 0.4) is 0 Å². The molecule has 0 aliphatic rings. The summed E-state index contributed by atoms with van der Waals surface area (Å²) in [5, 5.41) is 3.39. The molecule has 0 unspecified atom stereocenters. The summed E-state index contributed by atoms with van der Waals surface area (Å²) in [6.45, 7) is 2.48. The number of hydrogen-bond acceptors (Lipinski definition) is 6. The van der Waals surface area contributed by atoms with Crippen LogP contribution in [0.5, 0.6) is 0 Å². The number of anilines is 1. The Kier molecular flexibility index (Phi) is 6.78. The number of aromatic nitrogens is 3. The normalized spacial score (nSPS) is 11.2. The maximum Gasteiger partial charge on any atom is 0.344 e. The molecule has 0 atom stereocenters. The van der Waals surface area contributed by atoms with Gasteiger partial charge in [0.1, 0.15) is 16.9 Å². The van der Waals surface area contributed by atoms with Crippen molar-refractivity contribution in [2.75, 3.05) is 25.6 Å². The summed E-state index contributed by atoms with van der Waals surface area (Å²) in [4.78, 5) is 35.5. The number of nitrogens with one attached hydrogen (secondary N) is 1. The molecule has 2 heterocycles. The highest BCUT2D eigenvalue weighted by atomic mass is 35.5. The van der Waals surface area contributed by atoms with Gasteiger partial charge in [-0.3, -0.25) is 4.79 Å². The predicted molar refractivity (Wildman–Crippen MR) is 127 cm³/mol. The molecule has 33 heavy (non-hydrogen) atoms. The van der Waals surface area contributed by atoms with Gasteiger partial charge < -0.3 is 19.4 Å². The van der Waals surface area contributed by atoms with E-state index in [-0.39, 0.29) is 28.6 Å². The van der Waals surface area contributed by atoms with Crippen molar-refractivity contribution >= 4 is 63.1 Å². The Morgan fingerprint density at radius 1 is 1.09 bits per heavy atom. The molecule has 0 aliphatic heterocycles. The number of ether oxygens (including phenoxy) is 2. The van der Waals surface area contributed by atoms with Crippen molar-refractivity contribution in [3.63, 3.8) is 0 Å². The van der Waals surface area contributed by atoms with Gasteiger partial charge in [-0.15, -0.1) is 0 Å². The average Bonchev–Trinajstić information content (AvgIpc) is 3.07. The smallest absolute Gasteiger partial charge is 0.344 e. The van der Waals surface area contributed by atoms with Crippen LogP contribution in [0, 0.1) is 0 Å². The molecule has 8 nitrogen and oxygen atoms in total. The van der Waals surface area contributed by atoms with Crippen LogP contribution in [0.25, 0.3) is 22.2 Å². The second-order valence-corrected chi connectivity index (χ2v) is 7.89. The van der Waals surface area contributed by atoms with Crippen molar-refractivity contribution in [1.29, 1.82) is 0 Å². The number of rotatable bonds is 7. The van der Waals surface area contributed by atoms with Gasteiger partial charge in [-0.2, -0.15) is 0 Å². The first-order valence-corrected chi connectivity index (χ1v) is 10.9. The van der Waals surface area contributed by atoms with E-state index in [1.807, 2.05) is 18.2 Å². The van der Waals surface area contributed by atoms with Crippen molar-refractivity contribution in [2.24, 2.45) is 0 Å². The molecule has 2 aromatic carbocycles. The van der Waals surface area contributed by atoms with E-state index in [0.717, 1.165) is 0 Å². The molecule has 0 fully saturated rings. The molecule has 1 N–H and O–H groups in total. The van der Waals surface area contributed by atoms with Crippen LogP contribution in [-0.2, 0) is 16.0 Å². The fourth-order valence-electron chi connectivity index (χ4n) is 3.48. The van der Waals surface area contributed by atoms with E-state index in [0.29, 0.717) is 40.4 Å². The lowest BCUT2D eigenvalue weighted by Gasteiger charge is -2.13. The second kappa shape index (κ2) is 9.74. The number of hydrogen-bond donors (Lipinski definition) is 1. The summed E-state index contributed by atoms with van der Waals surface area (Å²) in [6.07, 6.45) is 0. The first-order valence-electron chi connectivity index (χ1n) is 10.2. The van der Waals surface area contributed by atoms with Crippen LogP contribution in [0.4, 0.5) is 5.82 Å². The lowest BCUT2D eigenvalue weighted by Crippen LogP contribution is -2.19. The molecular weight excluding hydrogens is 467 g/mol. The van der Waals surface area contributed by atoms with Crippen molar-refractivity contribution in [3.05, 3.63) is 63.6 Å². The summed E-state index contributed by atoms with van der Waals surface area (Å²) < 4.78 is 12.2. The SMILES string of the molecule is CCOC(=O)c1c(NC(=O)c2ccc(Cl)cc2Cl)n(CCOC)c2nc3ccccc3nc12. The molecule has 0 radical (unpaired) electrons. The Labute approximate surface area is 199 Å². The predicted octanol–water partition coefficient (Wildman–Crippen LogP) is 4.97. The third-order valence-electron chi connectivity index (χ3n) is 4.96. The van der Waals surface area contributed by atoms with E-state index in [1.54, 1.807) is 30.7 Å². The molecule has 0 aliphatic carbocycles. The molecule has 0 bridgehead atoms. The van der Waals surface area contributed by atoms with Crippen molar-refractivity contribution in [3.8, 4) is 0 Å². The summed E-state index contributed by atoms with van der Waals surface area (Å²) >= 11 is 12.2. The second-order valence-electron chi connectivity index (χ2n) is 7.05. The average molecular weight is 487 g/mol. The number of nitrogens with zero attached hydrogens (tertiary/aromatic N) is 3. The highest BCUT2D eigenvalue weighted by molar-refractivity contribution is 6.37. The van der Waals surface area contributed by atoms with Gasteiger partial charge >= 0.3 is 5.97 Å². The van der Waals surface area contributed by atoms with E-state index in [9.17, 15) is 9.59 Å². The molecule has 10 heteroatoms. The van der Waals surface area contributed by atoms with Crippen LogP contribution in [0.1, 0.15) is 27.6 Å². The Hall–Kier alpha value is -3.20. The van der Waals surface area contributed by atoms with Crippen LogP contribution >= 0.6 is 23.2 Å². The van der Waals surface area contributed by atoms with Gasteiger partial charge in [-0.1, -0.05) is 35.3 Å². The molecule has 0 saturated carbocycles. The topological polar surface area (TPSA) is 95.3 Å². The molecular formula is C23H20Cl2N4O4. The van der Waals surface area contributed by atoms with E-state index in [2.05, 4.69) is 10.3 Å². The van der Waals surface area contributed by atoms with E-state index >= 15 is 0 Å². The molecule has 0 spiro atoms. The molecule has 0 saturated heterocycles. The number of para-hydroxylation sites is 2. The first kappa shape index (κ1) is 23.0. The number of carbonyl (C=O) groups is 2. The number of benzene rings is 2. The summed E-state index contributed by atoms with van der Waals surface area (Å²) in [7, 11) is 1.56. The van der Waals surface area contributed by atoms with Gasteiger partial charge in [0.05, 0.1) is 34.8 Å². The van der Waals surface area contributed by atoms with Crippen LogP contribution in [-0.4, -0.2) is 46.7 Å². The van der Waals surface area contributed by atoms with Crippen molar-refractivity contribution in [2.45, 2.75) is 13.5 Å². The van der Waals surface area contributed by atoms with E-state index in [4.69, 9.17) is 37.7 Å². The van der Waals surface area contributed by atoms with Gasteiger partial charge in [0.2, 0.25) is 0 Å². The lowest BCUT2D eigenvalue weighted by molar-refractivity contribution is 0.0529. The number of esters is 1. The minimum atomic E-state index is -0.624. The van der Waals surface area contributed by atoms with Crippen molar-refractivity contribution < 1.29 is 19.1 Å². The van der Waals surface area contributed by atoms with Crippen molar-refractivity contribution in [1.82, 2.24) is 14.5 Å². The molecule has 2 aromatic heterocycles. The number of fused-ring (bicyclic) bond motifs is 2. The monoisotopic (exact) mass is 486 g/mol. The Morgan fingerprint density at radius 2 is 1.82 bits per heavy atom. The fourth-order valence-corrected chi connectivity index (χ4v) is 3.97. The number of carbonyl (C=O) groups excluding carboxylic acids is 2. The Morgan fingerprint density at radius 3 is 2.48 bits per heavy atom. The Balaban J connectivity index is 1.94. The maximum absolute atomic E-state index is 13.1. The highest BCUT2D eigenvalue weighted by Crippen LogP contribution is 2.32. The fraction of sp³-hybridized carbons (Fsp3) is 0.217. The quantitative estimate of drug-likeness (QED) is 0.370. The Bertz CT molecular complexity index is 1370. The molecule has 1 amide bonds. The zero-order valence-corrected chi connectivity index (χ0v) is 19.4. The summed E-state index contributed by atoms with van der Waals surface area (Å²) in [5.74, 6) is -0.944. The zero-order chi connectivity index (χ0) is 23.5. The van der Waals surface area contributed by atoms with Gasteiger partial charge in [0.25, 0.3) is 5.91 Å². The standard InChI is InChI=1S/C23H20Cl2N4O4/c1-3-33-23(31)18-19-21(27-17-7-5-4-6-16(17)26-19)29(10-11-32-2)20(18)28-22(30)14-9-8-13(24)12-15(14)25/h4-9,12H,3,10-11H2,1-2H3,(H,28,30). The van der Waals surface area contributed by atoms with Crippen LogP contribution in [0.15, 0.2) is 42.5 Å². The molecule has 4 rings (SSSR count). The number of halogens is 2. The van der Waals surface area contributed by atoms with E-state index in [1.165, 1.54) is 12.1 Å². The van der Waals surface area contributed by atoms with Crippen LogP contribution < -0.4 is 5.32 Å². The van der Waals surface area contributed by atoms with Gasteiger partial charge in [-0.25, -0.2) is 14.8 Å². The maximum atomic E-state index is 13.1. The minimum Gasteiger partial charge on any atom is -0.462 e. The summed E-state index contributed by atoms with van der Waals surface area (Å²) in [6, 6.07) is 11.9. The lowest BCUT2D eigenvalue weighted by atomic mass is 10.2. The minimum absolute atomic E-state index is 0.111. The highest BCUT2D eigenvalue weighted by Gasteiger charge is 2.28. The molecule has 4 aromatic rings. The largest absolute Gasteiger partial charge is 0.462 e. The third kappa shape index (κ3) is 4.50. The number of methoxy groups -OCH3 is 1. The third-order valence-corrected chi connectivity index (χ3v) is 5.51. The molecule has 170 valence electrons. The first-order chi connectivity index (χ1) is 15.9. The van der Waals surface area contributed by atoms with Gasteiger partial charge in [0, 0.05) is 18.7 Å². The van der Waals surface area contributed by atoms with E-state index < -0.39 is 11.9 Å². The van der Waals surface area contributed by atoms with Crippen LogP contribution in [0.2, 0.25) is 10.0 Å². The van der Waals surface area contributed by atoms with Gasteiger partial charge in [-0.05, 0) is 37.3 Å². The zero-order valence-electron chi connectivity index (χ0n) is 17.9.